The number of aliphatic hydroxyl groups excluding tert-OH is 1. The summed E-state index contributed by atoms with van der Waals surface area (Å²) in [4.78, 5) is 9.00. The fraction of sp³-hybridized carbons (Fsp3) is 0.333. The zero-order valence-electron chi connectivity index (χ0n) is 19.2. The molecule has 0 fully saturated rings. The van der Waals surface area contributed by atoms with Crippen LogP contribution in [0.2, 0.25) is 5.02 Å². The third kappa shape index (κ3) is 6.51. The van der Waals surface area contributed by atoms with Crippen LogP contribution in [-0.2, 0) is 0 Å². The zero-order valence-corrected chi connectivity index (χ0v) is 19.9. The Balaban J connectivity index is 2.07. The monoisotopic (exact) mass is 494 g/mol. The summed E-state index contributed by atoms with van der Waals surface area (Å²) in [6.45, 7) is 7.53. The van der Waals surface area contributed by atoms with Crippen molar-refractivity contribution in [1.82, 2.24) is 9.97 Å². The summed E-state index contributed by atoms with van der Waals surface area (Å²) >= 11 is 6.28. The molecule has 3 rings (SSSR count). The second-order valence-corrected chi connectivity index (χ2v) is 8.61. The zero-order chi connectivity index (χ0) is 25.0. The highest BCUT2D eigenvalue weighted by molar-refractivity contribution is 6.31. The number of aryl methyl sites for hydroxylation is 1. The van der Waals surface area contributed by atoms with E-state index in [2.05, 4.69) is 25.3 Å². The van der Waals surface area contributed by atoms with Crippen LogP contribution in [0, 0.1) is 19.8 Å². The first kappa shape index (κ1) is 25.6. The number of halogens is 4. The van der Waals surface area contributed by atoms with Crippen LogP contribution < -0.4 is 15.4 Å². The van der Waals surface area contributed by atoms with Crippen LogP contribution >= 0.6 is 11.6 Å². The lowest BCUT2D eigenvalue weighted by atomic mass is 10.1. The second-order valence-electron chi connectivity index (χ2n) is 8.20. The number of nitrogens with one attached hydrogen (secondary N) is 2. The number of ether oxygens (including phenoxy) is 1. The lowest BCUT2D eigenvalue weighted by molar-refractivity contribution is -0.274. The molecule has 0 aliphatic carbocycles. The van der Waals surface area contributed by atoms with Crippen molar-refractivity contribution in [3.05, 3.63) is 58.6 Å². The molecule has 0 radical (unpaired) electrons. The quantitative estimate of drug-likeness (QED) is 0.332. The Morgan fingerprint density at radius 1 is 1.09 bits per heavy atom. The van der Waals surface area contributed by atoms with Crippen LogP contribution in [0.3, 0.4) is 0 Å². The molecule has 3 N–H and O–H groups in total. The molecule has 3 aromatic rings. The van der Waals surface area contributed by atoms with Crippen LogP contribution in [0.25, 0.3) is 11.3 Å². The standard InChI is InChI=1S/C24H26ClF3N4O2/c1-13(2)20(12-33)30-23-29-19(16-6-5-7-17(10-16)34-24(26,27)28)11-21(32-23)31-22-14(3)8-9-18(25)15(22)4/h5-11,13,20,33H,12H2,1-4H3,(H2,29,30,31,32)/t20-/m0/s1. The Morgan fingerprint density at radius 3 is 2.47 bits per heavy atom. The van der Waals surface area contributed by atoms with E-state index in [0.29, 0.717) is 22.1 Å². The first-order chi connectivity index (χ1) is 16.0. The van der Waals surface area contributed by atoms with Gasteiger partial charge in [-0.25, -0.2) is 4.98 Å². The summed E-state index contributed by atoms with van der Waals surface area (Å²) in [5, 5.41) is 16.7. The SMILES string of the molecule is Cc1ccc(Cl)c(C)c1Nc1cc(-c2cccc(OC(F)(F)F)c2)nc(N[C@@H](CO)C(C)C)n1. The van der Waals surface area contributed by atoms with Crippen molar-refractivity contribution in [3.63, 3.8) is 0 Å². The smallest absolute Gasteiger partial charge is 0.406 e. The molecule has 0 saturated carbocycles. The Hall–Kier alpha value is -3.04. The maximum absolute atomic E-state index is 12.7. The molecule has 34 heavy (non-hydrogen) atoms. The highest BCUT2D eigenvalue weighted by Crippen LogP contribution is 2.32. The molecule has 10 heteroatoms. The van der Waals surface area contributed by atoms with Crippen molar-refractivity contribution in [2.45, 2.75) is 40.1 Å². The predicted molar refractivity (Wildman–Crippen MR) is 128 cm³/mol. The van der Waals surface area contributed by atoms with Crippen molar-refractivity contribution in [2.24, 2.45) is 5.92 Å². The Kier molecular flexibility index (Phi) is 7.89. The van der Waals surface area contributed by atoms with Crippen LogP contribution in [0.4, 0.5) is 30.6 Å². The van der Waals surface area contributed by atoms with Crippen molar-refractivity contribution < 1.29 is 23.0 Å². The van der Waals surface area contributed by atoms with Crippen molar-refractivity contribution in [1.29, 1.82) is 0 Å². The van der Waals surface area contributed by atoms with Crippen molar-refractivity contribution in [3.8, 4) is 17.0 Å². The Morgan fingerprint density at radius 2 is 1.82 bits per heavy atom. The predicted octanol–water partition coefficient (Wildman–Crippen LogP) is 6.48. The van der Waals surface area contributed by atoms with Crippen LogP contribution in [0.1, 0.15) is 25.0 Å². The minimum atomic E-state index is -4.81. The van der Waals surface area contributed by atoms with E-state index in [9.17, 15) is 18.3 Å². The van der Waals surface area contributed by atoms with Crippen LogP contribution in [-0.4, -0.2) is 34.1 Å². The van der Waals surface area contributed by atoms with E-state index in [1.54, 1.807) is 18.2 Å². The Bertz CT molecular complexity index is 1160. The first-order valence-corrected chi connectivity index (χ1v) is 11.0. The lowest BCUT2D eigenvalue weighted by Gasteiger charge is -2.21. The topological polar surface area (TPSA) is 79.3 Å². The van der Waals surface area contributed by atoms with Gasteiger partial charge in [-0.2, -0.15) is 4.98 Å². The molecule has 1 atom stereocenters. The highest BCUT2D eigenvalue weighted by Gasteiger charge is 2.31. The first-order valence-electron chi connectivity index (χ1n) is 10.6. The summed E-state index contributed by atoms with van der Waals surface area (Å²) in [7, 11) is 0. The summed E-state index contributed by atoms with van der Waals surface area (Å²) in [5.74, 6) is 0.343. The van der Waals surface area contributed by atoms with Crippen LogP contribution in [0.5, 0.6) is 5.75 Å². The summed E-state index contributed by atoms with van der Waals surface area (Å²) in [5.41, 5.74) is 3.30. The van der Waals surface area contributed by atoms with Crippen LogP contribution in [0.15, 0.2) is 42.5 Å². The average Bonchev–Trinajstić information content (AvgIpc) is 2.76. The Labute approximate surface area is 201 Å². The lowest BCUT2D eigenvalue weighted by Crippen LogP contribution is -2.30. The molecular formula is C24H26ClF3N4O2. The van der Waals surface area contributed by atoms with E-state index in [1.165, 1.54) is 18.2 Å². The van der Waals surface area contributed by atoms with E-state index >= 15 is 0 Å². The van der Waals surface area contributed by atoms with Gasteiger partial charge in [0.2, 0.25) is 5.95 Å². The molecule has 182 valence electrons. The number of hydrogen-bond donors (Lipinski definition) is 3. The molecule has 0 amide bonds. The van der Waals surface area contributed by atoms with Gasteiger partial charge in [0.25, 0.3) is 0 Å². The second kappa shape index (κ2) is 10.5. The molecular weight excluding hydrogens is 469 g/mol. The maximum Gasteiger partial charge on any atom is 0.573 e. The van der Waals surface area contributed by atoms with Gasteiger partial charge in [0.05, 0.1) is 18.3 Å². The summed E-state index contributed by atoms with van der Waals surface area (Å²) in [6.07, 6.45) is -4.81. The van der Waals surface area contributed by atoms with Gasteiger partial charge in [-0.15, -0.1) is 13.2 Å². The van der Waals surface area contributed by atoms with Gasteiger partial charge in [0, 0.05) is 22.3 Å². The molecule has 0 aliphatic heterocycles. The van der Waals surface area contributed by atoms with Gasteiger partial charge < -0.3 is 20.5 Å². The van der Waals surface area contributed by atoms with Gasteiger partial charge in [-0.3, -0.25) is 0 Å². The van der Waals surface area contributed by atoms with Gasteiger partial charge in [0.15, 0.2) is 0 Å². The largest absolute Gasteiger partial charge is 0.573 e. The number of rotatable bonds is 8. The third-order valence-electron chi connectivity index (χ3n) is 5.27. The van der Waals surface area contributed by atoms with Gasteiger partial charge in [-0.05, 0) is 49.1 Å². The van der Waals surface area contributed by atoms with Gasteiger partial charge in [-0.1, -0.05) is 43.6 Å². The molecule has 1 aromatic heterocycles. The van der Waals surface area contributed by atoms with Crippen molar-refractivity contribution >= 4 is 29.1 Å². The van der Waals surface area contributed by atoms with E-state index in [1.807, 2.05) is 33.8 Å². The van der Waals surface area contributed by atoms with Gasteiger partial charge >= 0.3 is 6.36 Å². The number of alkyl halides is 3. The van der Waals surface area contributed by atoms with Gasteiger partial charge in [0.1, 0.15) is 11.6 Å². The molecule has 2 aromatic carbocycles. The highest BCUT2D eigenvalue weighted by atomic mass is 35.5. The van der Waals surface area contributed by atoms with Crippen molar-refractivity contribution in [2.75, 3.05) is 17.2 Å². The van der Waals surface area contributed by atoms with E-state index in [0.717, 1.165) is 16.8 Å². The summed E-state index contributed by atoms with van der Waals surface area (Å²) < 4.78 is 42.2. The maximum atomic E-state index is 12.7. The number of aromatic nitrogens is 2. The number of nitrogens with zero attached hydrogens (tertiary/aromatic N) is 2. The number of aliphatic hydroxyl groups is 1. The molecule has 0 unspecified atom stereocenters. The molecule has 0 spiro atoms. The normalized spacial score (nSPS) is 12.5. The summed E-state index contributed by atoms with van der Waals surface area (Å²) in [6, 6.07) is 10.5. The van der Waals surface area contributed by atoms with E-state index in [-0.39, 0.29) is 30.3 Å². The fourth-order valence-corrected chi connectivity index (χ4v) is 3.46. The average molecular weight is 495 g/mol. The minimum Gasteiger partial charge on any atom is -0.406 e. The molecule has 0 bridgehead atoms. The van der Waals surface area contributed by atoms with E-state index in [4.69, 9.17) is 11.6 Å². The minimum absolute atomic E-state index is 0.0783. The molecule has 6 nitrogen and oxygen atoms in total. The number of benzene rings is 2. The number of anilines is 3. The third-order valence-corrected chi connectivity index (χ3v) is 5.68. The van der Waals surface area contributed by atoms with E-state index < -0.39 is 6.36 Å². The molecule has 0 saturated heterocycles. The molecule has 1 heterocycles. The molecule has 0 aliphatic rings. The number of hydrogen-bond acceptors (Lipinski definition) is 6. The fourth-order valence-electron chi connectivity index (χ4n) is 3.31.